The van der Waals surface area contributed by atoms with E-state index in [2.05, 4.69) is 47.4 Å². The first-order valence-corrected chi connectivity index (χ1v) is 6.43. The lowest BCUT2D eigenvalue weighted by molar-refractivity contribution is 0.102. The van der Waals surface area contributed by atoms with Crippen molar-refractivity contribution >= 4 is 54.9 Å². The van der Waals surface area contributed by atoms with Crippen LogP contribution in [0.4, 0.5) is 5.82 Å². The van der Waals surface area contributed by atoms with Gasteiger partial charge in [0.25, 0.3) is 5.91 Å². The largest absolute Gasteiger partial charge is 0.306 e. The van der Waals surface area contributed by atoms with Crippen molar-refractivity contribution in [1.29, 1.82) is 0 Å². The number of nitrogens with zero attached hydrogens (tertiary/aromatic N) is 1. The SMILES string of the molecule is O=C(Nc1[nH]ncc1Br)c1cscc1Br. The van der Waals surface area contributed by atoms with Crippen molar-refractivity contribution < 1.29 is 4.79 Å². The Labute approximate surface area is 106 Å². The van der Waals surface area contributed by atoms with Gasteiger partial charge in [-0.1, -0.05) is 0 Å². The number of thiophene rings is 1. The van der Waals surface area contributed by atoms with E-state index in [0.29, 0.717) is 11.4 Å². The molecular formula is C8H5Br2N3OS. The van der Waals surface area contributed by atoms with Crippen LogP contribution in [-0.2, 0) is 0 Å². The predicted octanol–water partition coefficient (Wildman–Crippen LogP) is 3.25. The molecule has 0 saturated heterocycles. The third kappa shape index (κ3) is 2.30. The number of anilines is 1. The molecule has 0 aliphatic carbocycles. The maximum Gasteiger partial charge on any atom is 0.258 e. The molecule has 0 aliphatic heterocycles. The van der Waals surface area contributed by atoms with Gasteiger partial charge in [-0.05, 0) is 31.9 Å². The van der Waals surface area contributed by atoms with Crippen LogP contribution in [0.2, 0.25) is 0 Å². The highest BCUT2D eigenvalue weighted by atomic mass is 79.9. The summed E-state index contributed by atoms with van der Waals surface area (Å²) >= 11 is 8.03. The van der Waals surface area contributed by atoms with Gasteiger partial charge in [0.1, 0.15) is 5.82 Å². The summed E-state index contributed by atoms with van der Waals surface area (Å²) in [7, 11) is 0. The van der Waals surface area contributed by atoms with Crippen LogP contribution in [0.1, 0.15) is 10.4 Å². The molecule has 0 radical (unpaired) electrons. The van der Waals surface area contributed by atoms with Crippen LogP contribution in [0.25, 0.3) is 0 Å². The van der Waals surface area contributed by atoms with Gasteiger partial charge >= 0.3 is 0 Å². The monoisotopic (exact) mass is 349 g/mol. The fraction of sp³-hybridized carbons (Fsp3) is 0. The second kappa shape index (κ2) is 4.46. The lowest BCUT2D eigenvalue weighted by atomic mass is 10.3. The van der Waals surface area contributed by atoms with Gasteiger partial charge in [-0.25, -0.2) is 0 Å². The third-order valence-electron chi connectivity index (χ3n) is 1.69. The number of aromatic nitrogens is 2. The number of hydrogen-bond donors (Lipinski definition) is 2. The number of carbonyl (C=O) groups is 1. The molecule has 0 saturated carbocycles. The zero-order valence-corrected chi connectivity index (χ0v) is 11.2. The van der Waals surface area contributed by atoms with Crippen LogP contribution >= 0.6 is 43.2 Å². The Morgan fingerprint density at radius 2 is 2.20 bits per heavy atom. The number of hydrogen-bond acceptors (Lipinski definition) is 3. The molecule has 15 heavy (non-hydrogen) atoms. The van der Waals surface area contributed by atoms with E-state index in [1.165, 1.54) is 11.3 Å². The van der Waals surface area contributed by atoms with Gasteiger partial charge in [0.15, 0.2) is 0 Å². The Kier molecular flexibility index (Phi) is 3.22. The number of halogens is 2. The molecule has 2 N–H and O–H groups in total. The first-order chi connectivity index (χ1) is 7.18. The van der Waals surface area contributed by atoms with Crippen LogP contribution in [0.15, 0.2) is 25.9 Å². The van der Waals surface area contributed by atoms with Crippen molar-refractivity contribution in [1.82, 2.24) is 10.2 Å². The summed E-state index contributed by atoms with van der Waals surface area (Å²) in [6, 6.07) is 0. The van der Waals surface area contributed by atoms with Crippen LogP contribution in [0.3, 0.4) is 0 Å². The minimum Gasteiger partial charge on any atom is -0.306 e. The third-order valence-corrected chi connectivity index (χ3v) is 3.99. The van der Waals surface area contributed by atoms with E-state index in [9.17, 15) is 4.79 Å². The molecule has 0 aliphatic rings. The van der Waals surface area contributed by atoms with Crippen molar-refractivity contribution in [2.45, 2.75) is 0 Å². The zero-order chi connectivity index (χ0) is 10.8. The van der Waals surface area contributed by atoms with Crippen LogP contribution in [-0.4, -0.2) is 16.1 Å². The molecule has 2 heterocycles. The molecular weight excluding hydrogens is 346 g/mol. The summed E-state index contributed by atoms with van der Waals surface area (Å²) in [5.74, 6) is 0.381. The second-order valence-electron chi connectivity index (χ2n) is 2.68. The van der Waals surface area contributed by atoms with Gasteiger partial charge in [-0.15, -0.1) is 0 Å². The Bertz CT molecular complexity index is 494. The molecule has 1 amide bonds. The molecule has 0 unspecified atom stereocenters. The van der Waals surface area contributed by atoms with Crippen LogP contribution in [0.5, 0.6) is 0 Å². The first-order valence-electron chi connectivity index (χ1n) is 3.90. The topological polar surface area (TPSA) is 57.8 Å². The highest BCUT2D eigenvalue weighted by molar-refractivity contribution is 9.11. The minimum absolute atomic E-state index is 0.173. The molecule has 0 atom stereocenters. The number of aromatic amines is 1. The van der Waals surface area contributed by atoms with E-state index in [4.69, 9.17) is 0 Å². The summed E-state index contributed by atoms with van der Waals surface area (Å²) in [6.45, 7) is 0. The summed E-state index contributed by atoms with van der Waals surface area (Å²) in [5, 5.41) is 12.8. The lowest BCUT2D eigenvalue weighted by Gasteiger charge is -2.01. The molecule has 78 valence electrons. The Morgan fingerprint density at radius 1 is 1.40 bits per heavy atom. The number of rotatable bonds is 2. The van der Waals surface area contributed by atoms with Crippen LogP contribution < -0.4 is 5.32 Å². The molecule has 4 nitrogen and oxygen atoms in total. The van der Waals surface area contributed by atoms with Gasteiger partial charge < -0.3 is 5.32 Å². The van der Waals surface area contributed by atoms with Crippen molar-refractivity contribution in [3.63, 3.8) is 0 Å². The molecule has 0 aromatic carbocycles. The molecule has 0 bridgehead atoms. The summed E-state index contributed by atoms with van der Waals surface area (Å²) in [4.78, 5) is 11.7. The van der Waals surface area contributed by atoms with E-state index >= 15 is 0 Å². The van der Waals surface area contributed by atoms with E-state index in [0.717, 1.165) is 8.95 Å². The van der Waals surface area contributed by atoms with Crippen molar-refractivity contribution in [3.05, 3.63) is 31.5 Å². The summed E-state index contributed by atoms with van der Waals surface area (Å²) < 4.78 is 1.52. The second-order valence-corrected chi connectivity index (χ2v) is 5.13. The van der Waals surface area contributed by atoms with Gasteiger partial charge in [-0.3, -0.25) is 9.89 Å². The fourth-order valence-corrected chi connectivity index (χ4v) is 2.73. The Hall–Kier alpha value is -0.660. The smallest absolute Gasteiger partial charge is 0.258 e. The average Bonchev–Trinajstić information content (AvgIpc) is 2.76. The minimum atomic E-state index is -0.173. The van der Waals surface area contributed by atoms with Crippen molar-refractivity contribution in [2.24, 2.45) is 0 Å². The number of carbonyl (C=O) groups excluding carboxylic acids is 1. The van der Waals surface area contributed by atoms with Crippen molar-refractivity contribution in [3.8, 4) is 0 Å². The molecule has 2 rings (SSSR count). The normalized spacial score (nSPS) is 10.3. The molecule has 0 spiro atoms. The maximum atomic E-state index is 11.7. The zero-order valence-electron chi connectivity index (χ0n) is 7.25. The highest BCUT2D eigenvalue weighted by Gasteiger charge is 2.13. The van der Waals surface area contributed by atoms with Crippen LogP contribution in [0, 0.1) is 0 Å². The number of amides is 1. The first kappa shape index (κ1) is 10.8. The van der Waals surface area contributed by atoms with Gasteiger partial charge in [0, 0.05) is 15.2 Å². The Balaban J connectivity index is 2.18. The highest BCUT2D eigenvalue weighted by Crippen LogP contribution is 2.24. The predicted molar refractivity (Wildman–Crippen MR) is 66.3 cm³/mol. The molecule has 7 heteroatoms. The maximum absolute atomic E-state index is 11.7. The van der Waals surface area contributed by atoms with Gasteiger partial charge in [0.05, 0.1) is 16.2 Å². The molecule has 2 aromatic heterocycles. The average molecular weight is 351 g/mol. The van der Waals surface area contributed by atoms with E-state index in [-0.39, 0.29) is 5.91 Å². The summed E-state index contributed by atoms with van der Waals surface area (Å²) in [6.07, 6.45) is 1.58. The summed E-state index contributed by atoms with van der Waals surface area (Å²) in [5.41, 5.74) is 0.613. The lowest BCUT2D eigenvalue weighted by Crippen LogP contribution is -2.12. The number of H-pyrrole nitrogens is 1. The van der Waals surface area contributed by atoms with Gasteiger partial charge in [-0.2, -0.15) is 16.4 Å². The quantitative estimate of drug-likeness (QED) is 0.873. The van der Waals surface area contributed by atoms with E-state index < -0.39 is 0 Å². The molecule has 2 aromatic rings. The van der Waals surface area contributed by atoms with Crippen molar-refractivity contribution in [2.75, 3.05) is 5.32 Å². The standard InChI is InChI=1S/C8H5Br2N3OS/c9-5-1-11-13-7(5)12-8(14)4-2-15-3-6(4)10/h1-3H,(H2,11,12,13,14). The van der Waals surface area contributed by atoms with E-state index in [1.54, 1.807) is 11.6 Å². The number of nitrogens with one attached hydrogen (secondary N) is 2. The van der Waals surface area contributed by atoms with E-state index in [1.807, 2.05) is 5.38 Å². The van der Waals surface area contributed by atoms with Gasteiger partial charge in [0.2, 0.25) is 0 Å². The molecule has 0 fully saturated rings. The fourth-order valence-electron chi connectivity index (χ4n) is 0.984. The Morgan fingerprint density at radius 3 is 2.73 bits per heavy atom.